The number of rotatable bonds is 3. The van der Waals surface area contributed by atoms with Crippen LogP contribution < -0.4 is 5.32 Å². The van der Waals surface area contributed by atoms with Crippen molar-refractivity contribution in [2.24, 2.45) is 0 Å². The molecule has 3 aromatic rings. The molecule has 0 aliphatic rings. The summed E-state index contributed by atoms with van der Waals surface area (Å²) in [6.07, 6.45) is 2.13. The maximum Gasteiger partial charge on any atom is 0.194 e. The number of benzene rings is 1. The molecule has 2 heterocycles. The third-order valence-corrected chi connectivity index (χ3v) is 4.91. The van der Waals surface area contributed by atoms with Crippen molar-refractivity contribution in [2.75, 3.05) is 5.32 Å². The molecular formula is C14H13BrClN3S. The maximum absolute atomic E-state index is 5.95. The van der Waals surface area contributed by atoms with Crippen molar-refractivity contribution in [3.8, 4) is 0 Å². The van der Waals surface area contributed by atoms with Gasteiger partial charge in [0.05, 0.1) is 17.9 Å². The number of fused-ring (bicyclic) bond motifs is 1. The first-order chi connectivity index (χ1) is 9.54. The van der Waals surface area contributed by atoms with Crippen LogP contribution in [0.15, 0.2) is 28.9 Å². The largest absolute Gasteiger partial charge is 0.378 e. The van der Waals surface area contributed by atoms with E-state index >= 15 is 0 Å². The molecule has 0 amide bonds. The van der Waals surface area contributed by atoms with Crippen molar-refractivity contribution >= 4 is 49.5 Å². The molecule has 2 aromatic heterocycles. The van der Waals surface area contributed by atoms with Crippen molar-refractivity contribution in [1.29, 1.82) is 0 Å². The molecule has 0 bridgehead atoms. The highest BCUT2D eigenvalue weighted by Gasteiger charge is 2.11. The molecule has 6 heteroatoms. The van der Waals surface area contributed by atoms with Crippen LogP contribution in [0.3, 0.4) is 0 Å². The van der Waals surface area contributed by atoms with E-state index in [0.29, 0.717) is 0 Å². The SMILES string of the molecule is Cc1cn2c(CNc3ccc(Cl)cc3Br)c(C)nc2s1. The lowest BCUT2D eigenvalue weighted by Crippen LogP contribution is -2.04. The van der Waals surface area contributed by atoms with Gasteiger partial charge in [0.15, 0.2) is 4.96 Å². The summed E-state index contributed by atoms with van der Waals surface area (Å²) in [4.78, 5) is 6.90. The van der Waals surface area contributed by atoms with Gasteiger partial charge in [-0.05, 0) is 48.0 Å². The van der Waals surface area contributed by atoms with Gasteiger partial charge in [0.1, 0.15) is 0 Å². The van der Waals surface area contributed by atoms with Crippen LogP contribution in [0.4, 0.5) is 5.69 Å². The van der Waals surface area contributed by atoms with E-state index in [1.807, 2.05) is 25.1 Å². The minimum atomic E-state index is 0.721. The number of nitrogens with one attached hydrogen (secondary N) is 1. The zero-order valence-electron chi connectivity index (χ0n) is 11.1. The molecule has 0 saturated carbocycles. The van der Waals surface area contributed by atoms with Crippen LogP contribution in [0.5, 0.6) is 0 Å². The first kappa shape index (κ1) is 13.9. The Morgan fingerprint density at radius 1 is 1.40 bits per heavy atom. The highest BCUT2D eigenvalue weighted by Crippen LogP contribution is 2.27. The number of halogens is 2. The van der Waals surface area contributed by atoms with Gasteiger partial charge in [0.25, 0.3) is 0 Å². The summed E-state index contributed by atoms with van der Waals surface area (Å²) >= 11 is 11.2. The van der Waals surface area contributed by atoms with Gasteiger partial charge in [-0.3, -0.25) is 4.40 Å². The molecule has 0 aliphatic carbocycles. The Morgan fingerprint density at radius 2 is 2.20 bits per heavy atom. The van der Waals surface area contributed by atoms with Gasteiger partial charge in [-0.1, -0.05) is 11.6 Å². The highest BCUT2D eigenvalue weighted by atomic mass is 79.9. The average molecular weight is 371 g/mol. The number of imidazole rings is 1. The van der Waals surface area contributed by atoms with E-state index in [4.69, 9.17) is 11.6 Å². The van der Waals surface area contributed by atoms with Gasteiger partial charge in [0.2, 0.25) is 0 Å². The molecule has 0 spiro atoms. The predicted octanol–water partition coefficient (Wildman–Crippen LogP) is 5.04. The predicted molar refractivity (Wildman–Crippen MR) is 89.0 cm³/mol. The Hall–Kier alpha value is -1.04. The second-order valence-electron chi connectivity index (χ2n) is 4.62. The highest BCUT2D eigenvalue weighted by molar-refractivity contribution is 9.10. The van der Waals surface area contributed by atoms with E-state index in [0.717, 1.165) is 32.4 Å². The number of nitrogens with zero attached hydrogens (tertiary/aromatic N) is 2. The molecule has 3 rings (SSSR count). The number of aromatic nitrogens is 2. The zero-order chi connectivity index (χ0) is 14.3. The normalized spacial score (nSPS) is 11.2. The minimum Gasteiger partial charge on any atom is -0.378 e. The van der Waals surface area contributed by atoms with Crippen LogP contribution in [-0.2, 0) is 6.54 Å². The summed E-state index contributed by atoms with van der Waals surface area (Å²) in [6, 6.07) is 5.73. The smallest absolute Gasteiger partial charge is 0.194 e. The minimum absolute atomic E-state index is 0.721. The van der Waals surface area contributed by atoms with Gasteiger partial charge in [-0.25, -0.2) is 4.98 Å². The summed E-state index contributed by atoms with van der Waals surface area (Å²) < 4.78 is 3.12. The van der Waals surface area contributed by atoms with Gasteiger partial charge in [-0.2, -0.15) is 0 Å². The first-order valence-corrected chi connectivity index (χ1v) is 8.16. The quantitative estimate of drug-likeness (QED) is 0.700. The summed E-state index contributed by atoms with van der Waals surface area (Å²) in [5.41, 5.74) is 3.27. The van der Waals surface area contributed by atoms with Crippen LogP contribution in [-0.4, -0.2) is 9.38 Å². The molecule has 0 unspecified atom stereocenters. The molecule has 20 heavy (non-hydrogen) atoms. The maximum atomic E-state index is 5.95. The van der Waals surface area contributed by atoms with Gasteiger partial charge < -0.3 is 5.32 Å². The first-order valence-electron chi connectivity index (χ1n) is 6.17. The second kappa shape index (κ2) is 5.39. The second-order valence-corrected chi connectivity index (χ2v) is 7.12. The lowest BCUT2D eigenvalue weighted by molar-refractivity contribution is 0.990. The fourth-order valence-corrected chi connectivity index (χ4v) is 3.85. The molecule has 0 fully saturated rings. The lowest BCUT2D eigenvalue weighted by Gasteiger charge is -2.09. The summed E-state index contributed by atoms with van der Waals surface area (Å²) in [5.74, 6) is 0. The van der Waals surface area contributed by atoms with E-state index in [1.54, 1.807) is 11.3 Å². The van der Waals surface area contributed by atoms with Crippen LogP contribution >= 0.6 is 38.9 Å². The molecular weight excluding hydrogens is 358 g/mol. The third kappa shape index (κ3) is 2.57. The molecule has 1 aromatic carbocycles. The Balaban J connectivity index is 1.87. The Kier molecular flexibility index (Phi) is 3.75. The number of hydrogen-bond acceptors (Lipinski definition) is 3. The average Bonchev–Trinajstić information content (AvgIpc) is 2.84. The van der Waals surface area contributed by atoms with Crippen LogP contribution in [0, 0.1) is 13.8 Å². The van der Waals surface area contributed by atoms with E-state index in [-0.39, 0.29) is 0 Å². The molecule has 104 valence electrons. The Bertz CT molecular complexity index is 778. The zero-order valence-corrected chi connectivity index (χ0v) is 14.2. The topological polar surface area (TPSA) is 29.3 Å². The van der Waals surface area contributed by atoms with Gasteiger partial charge in [-0.15, -0.1) is 11.3 Å². The monoisotopic (exact) mass is 369 g/mol. The number of aryl methyl sites for hydroxylation is 2. The fourth-order valence-electron chi connectivity index (χ4n) is 2.13. The van der Waals surface area contributed by atoms with Crippen molar-refractivity contribution in [1.82, 2.24) is 9.38 Å². The summed E-state index contributed by atoms with van der Waals surface area (Å²) in [7, 11) is 0. The van der Waals surface area contributed by atoms with E-state index in [1.165, 1.54) is 10.6 Å². The van der Waals surface area contributed by atoms with Gasteiger partial charge >= 0.3 is 0 Å². The third-order valence-electron chi connectivity index (χ3n) is 3.12. The molecule has 3 nitrogen and oxygen atoms in total. The van der Waals surface area contributed by atoms with Crippen molar-refractivity contribution < 1.29 is 0 Å². The number of hydrogen-bond donors (Lipinski definition) is 1. The molecule has 0 aliphatic heterocycles. The Morgan fingerprint density at radius 3 is 2.95 bits per heavy atom. The van der Waals surface area contributed by atoms with Crippen LogP contribution in [0.25, 0.3) is 4.96 Å². The Labute approximate surface area is 134 Å². The van der Waals surface area contributed by atoms with Crippen molar-refractivity contribution in [3.05, 3.63) is 50.2 Å². The number of thiazole rings is 1. The van der Waals surface area contributed by atoms with Gasteiger partial charge in [0, 0.05) is 26.3 Å². The molecule has 0 radical (unpaired) electrons. The summed E-state index contributed by atoms with van der Waals surface area (Å²) in [5, 5.41) is 4.14. The van der Waals surface area contributed by atoms with Crippen molar-refractivity contribution in [3.63, 3.8) is 0 Å². The molecule has 0 atom stereocenters. The van der Waals surface area contributed by atoms with E-state index in [2.05, 4.69) is 43.8 Å². The lowest BCUT2D eigenvalue weighted by atomic mass is 10.3. The van der Waals surface area contributed by atoms with Crippen LogP contribution in [0.1, 0.15) is 16.3 Å². The standard InChI is InChI=1S/C14H13BrClN3S/c1-8-7-19-13(9(2)18-14(19)20-8)6-17-12-4-3-10(16)5-11(12)15/h3-5,7,17H,6H2,1-2H3. The number of anilines is 1. The van der Waals surface area contributed by atoms with E-state index < -0.39 is 0 Å². The molecule has 1 N–H and O–H groups in total. The van der Waals surface area contributed by atoms with E-state index in [9.17, 15) is 0 Å². The summed E-state index contributed by atoms with van der Waals surface area (Å²) in [6.45, 7) is 4.87. The van der Waals surface area contributed by atoms with Crippen molar-refractivity contribution in [2.45, 2.75) is 20.4 Å². The molecule has 0 saturated heterocycles. The van der Waals surface area contributed by atoms with Crippen LogP contribution in [0.2, 0.25) is 5.02 Å². The fraction of sp³-hybridized carbons (Fsp3) is 0.214.